The molecule has 1 heterocycles. The summed E-state index contributed by atoms with van der Waals surface area (Å²) in [6.07, 6.45) is 4.68. The molecule has 0 spiro atoms. The Morgan fingerprint density at radius 3 is 2.50 bits per heavy atom. The minimum absolute atomic E-state index is 0.348. The predicted octanol–water partition coefficient (Wildman–Crippen LogP) is 2.37. The monoisotopic (exact) mass is 222 g/mol. The third-order valence-electron chi connectivity index (χ3n) is 3.67. The van der Waals surface area contributed by atoms with E-state index < -0.39 is 0 Å². The number of hydrogen-bond acceptors (Lipinski definition) is 3. The molecule has 1 saturated carbocycles. The van der Waals surface area contributed by atoms with Gasteiger partial charge < -0.3 is 15.5 Å². The van der Waals surface area contributed by atoms with E-state index in [1.165, 1.54) is 12.8 Å². The molecular formula is C13H22N2O. The first-order chi connectivity index (χ1) is 7.70. The molecule has 2 rings (SSSR count). The largest absolute Gasteiger partial charge is 0.465 e. The van der Waals surface area contributed by atoms with E-state index in [0.717, 1.165) is 24.4 Å². The van der Waals surface area contributed by atoms with Crippen LogP contribution in [0.5, 0.6) is 0 Å². The predicted molar refractivity (Wildman–Crippen MR) is 65.2 cm³/mol. The Bertz CT molecular complexity index is 326. The van der Waals surface area contributed by atoms with E-state index in [1.807, 2.05) is 20.0 Å². The molecule has 0 amide bonds. The summed E-state index contributed by atoms with van der Waals surface area (Å²) in [6.45, 7) is 1.99. The Labute approximate surface area is 97.4 Å². The average molecular weight is 222 g/mol. The van der Waals surface area contributed by atoms with Gasteiger partial charge in [-0.1, -0.05) is 0 Å². The molecule has 0 radical (unpaired) electrons. The van der Waals surface area contributed by atoms with Crippen LogP contribution in [-0.4, -0.2) is 13.1 Å². The second kappa shape index (κ2) is 5.02. The van der Waals surface area contributed by atoms with Crippen LogP contribution in [0.3, 0.4) is 0 Å². The Balaban J connectivity index is 2.05. The van der Waals surface area contributed by atoms with E-state index in [9.17, 15) is 0 Å². The second-order valence-electron chi connectivity index (χ2n) is 4.89. The molecule has 3 nitrogen and oxygen atoms in total. The maximum Gasteiger partial charge on any atom is 0.121 e. The average Bonchev–Trinajstić information content (AvgIpc) is 2.69. The molecule has 0 bridgehead atoms. The van der Waals surface area contributed by atoms with E-state index in [1.54, 1.807) is 0 Å². The van der Waals surface area contributed by atoms with Gasteiger partial charge in [0, 0.05) is 6.04 Å². The molecule has 1 aliphatic rings. The van der Waals surface area contributed by atoms with Gasteiger partial charge in [-0.15, -0.1) is 0 Å². The van der Waals surface area contributed by atoms with Crippen molar-refractivity contribution in [1.82, 2.24) is 5.32 Å². The zero-order chi connectivity index (χ0) is 11.5. The summed E-state index contributed by atoms with van der Waals surface area (Å²) >= 11 is 0. The van der Waals surface area contributed by atoms with Crippen LogP contribution >= 0.6 is 0 Å². The first-order valence-corrected chi connectivity index (χ1v) is 6.20. The van der Waals surface area contributed by atoms with Crippen molar-refractivity contribution in [3.8, 4) is 0 Å². The highest BCUT2D eigenvalue weighted by Gasteiger charge is 2.28. The molecule has 1 aliphatic carbocycles. The van der Waals surface area contributed by atoms with Gasteiger partial charge in [-0.25, -0.2) is 0 Å². The van der Waals surface area contributed by atoms with Crippen LogP contribution < -0.4 is 11.1 Å². The van der Waals surface area contributed by atoms with Crippen LogP contribution in [0.4, 0.5) is 0 Å². The van der Waals surface area contributed by atoms with Crippen LogP contribution in [0.15, 0.2) is 16.5 Å². The van der Waals surface area contributed by atoms with Gasteiger partial charge in [0.25, 0.3) is 0 Å². The molecule has 1 fully saturated rings. The SMILES string of the molecule is CNC(c1ccc(C)o1)C1CCC(N)CC1. The second-order valence-corrected chi connectivity index (χ2v) is 4.89. The summed E-state index contributed by atoms with van der Waals surface area (Å²) < 4.78 is 5.72. The number of aryl methyl sites for hydroxylation is 1. The Morgan fingerprint density at radius 2 is 2.00 bits per heavy atom. The molecule has 3 N–H and O–H groups in total. The highest BCUT2D eigenvalue weighted by molar-refractivity contribution is 5.11. The minimum Gasteiger partial charge on any atom is -0.465 e. The fourth-order valence-electron chi connectivity index (χ4n) is 2.71. The summed E-state index contributed by atoms with van der Waals surface area (Å²) in [6, 6.07) is 4.88. The van der Waals surface area contributed by atoms with Crippen LogP contribution in [0.1, 0.15) is 43.2 Å². The van der Waals surface area contributed by atoms with Crippen LogP contribution in [0.25, 0.3) is 0 Å². The summed E-state index contributed by atoms with van der Waals surface area (Å²) in [5.41, 5.74) is 5.94. The van der Waals surface area contributed by atoms with E-state index in [4.69, 9.17) is 10.2 Å². The summed E-state index contributed by atoms with van der Waals surface area (Å²) in [7, 11) is 2.01. The van der Waals surface area contributed by atoms with Gasteiger partial charge in [0.1, 0.15) is 11.5 Å². The normalized spacial score (nSPS) is 27.9. The van der Waals surface area contributed by atoms with Crippen LogP contribution in [-0.2, 0) is 0 Å². The number of furan rings is 1. The third kappa shape index (κ3) is 2.47. The highest BCUT2D eigenvalue weighted by atomic mass is 16.3. The van der Waals surface area contributed by atoms with Gasteiger partial charge in [-0.3, -0.25) is 0 Å². The lowest BCUT2D eigenvalue weighted by molar-refractivity contribution is 0.237. The molecule has 1 aromatic heterocycles. The first kappa shape index (κ1) is 11.7. The summed E-state index contributed by atoms with van der Waals surface area (Å²) in [5.74, 6) is 2.72. The number of hydrogen-bond donors (Lipinski definition) is 2. The van der Waals surface area contributed by atoms with Gasteiger partial charge in [-0.05, 0) is 57.7 Å². The number of nitrogens with two attached hydrogens (primary N) is 1. The van der Waals surface area contributed by atoms with E-state index in [0.29, 0.717) is 18.0 Å². The topological polar surface area (TPSA) is 51.2 Å². The molecule has 3 heteroatoms. The molecule has 0 aromatic carbocycles. The number of nitrogens with one attached hydrogen (secondary N) is 1. The van der Waals surface area contributed by atoms with Gasteiger partial charge in [0.2, 0.25) is 0 Å². The van der Waals surface area contributed by atoms with E-state index in [2.05, 4.69) is 11.4 Å². The third-order valence-corrected chi connectivity index (χ3v) is 3.67. The summed E-state index contributed by atoms with van der Waals surface area (Å²) in [4.78, 5) is 0. The number of rotatable bonds is 3. The highest BCUT2D eigenvalue weighted by Crippen LogP contribution is 2.34. The molecule has 1 atom stereocenters. The first-order valence-electron chi connectivity index (χ1n) is 6.20. The fraction of sp³-hybridized carbons (Fsp3) is 0.692. The van der Waals surface area contributed by atoms with Gasteiger partial charge in [0.15, 0.2) is 0 Å². The lowest BCUT2D eigenvalue weighted by Crippen LogP contribution is -2.33. The molecule has 0 aliphatic heterocycles. The molecular weight excluding hydrogens is 200 g/mol. The van der Waals surface area contributed by atoms with Crippen LogP contribution in [0, 0.1) is 12.8 Å². The van der Waals surface area contributed by atoms with Crippen molar-refractivity contribution in [3.63, 3.8) is 0 Å². The minimum atomic E-state index is 0.348. The Hall–Kier alpha value is -0.800. The van der Waals surface area contributed by atoms with E-state index >= 15 is 0 Å². The van der Waals surface area contributed by atoms with Crippen LogP contribution in [0.2, 0.25) is 0 Å². The zero-order valence-electron chi connectivity index (χ0n) is 10.2. The molecule has 16 heavy (non-hydrogen) atoms. The Morgan fingerprint density at radius 1 is 1.31 bits per heavy atom. The van der Waals surface area contributed by atoms with Gasteiger partial charge >= 0.3 is 0 Å². The van der Waals surface area contributed by atoms with Crippen molar-refractivity contribution in [1.29, 1.82) is 0 Å². The van der Waals surface area contributed by atoms with Crippen molar-refractivity contribution in [2.24, 2.45) is 11.7 Å². The lowest BCUT2D eigenvalue weighted by atomic mass is 9.81. The fourth-order valence-corrected chi connectivity index (χ4v) is 2.71. The molecule has 1 unspecified atom stereocenters. The zero-order valence-corrected chi connectivity index (χ0v) is 10.2. The smallest absolute Gasteiger partial charge is 0.121 e. The maximum atomic E-state index is 5.94. The van der Waals surface area contributed by atoms with Crippen molar-refractivity contribution in [3.05, 3.63) is 23.7 Å². The van der Waals surface area contributed by atoms with Gasteiger partial charge in [0.05, 0.1) is 6.04 Å². The lowest BCUT2D eigenvalue weighted by Gasteiger charge is -2.31. The van der Waals surface area contributed by atoms with Gasteiger partial charge in [-0.2, -0.15) is 0 Å². The molecule has 0 saturated heterocycles. The van der Waals surface area contributed by atoms with E-state index in [-0.39, 0.29) is 0 Å². The Kier molecular flexibility index (Phi) is 3.66. The maximum absolute atomic E-state index is 5.94. The standard InChI is InChI=1S/C13H22N2O/c1-9-3-8-12(16-9)13(15-2)10-4-6-11(14)7-5-10/h3,8,10-11,13,15H,4-7,14H2,1-2H3. The quantitative estimate of drug-likeness (QED) is 0.825. The summed E-state index contributed by atoms with van der Waals surface area (Å²) in [5, 5.41) is 3.38. The van der Waals surface area contributed by atoms with Crippen molar-refractivity contribution < 1.29 is 4.42 Å². The van der Waals surface area contributed by atoms with Crippen molar-refractivity contribution in [2.75, 3.05) is 7.05 Å². The van der Waals surface area contributed by atoms with Crippen molar-refractivity contribution in [2.45, 2.75) is 44.7 Å². The van der Waals surface area contributed by atoms with Crippen molar-refractivity contribution >= 4 is 0 Å². The molecule has 90 valence electrons. The molecule has 1 aromatic rings.